The summed E-state index contributed by atoms with van der Waals surface area (Å²) in [7, 11) is 1.38. The van der Waals surface area contributed by atoms with E-state index in [4.69, 9.17) is 9.47 Å². The Morgan fingerprint density at radius 3 is 2.75 bits per heavy atom. The summed E-state index contributed by atoms with van der Waals surface area (Å²) in [6, 6.07) is 11.1. The van der Waals surface area contributed by atoms with Gasteiger partial charge in [0.05, 0.1) is 18.2 Å². The van der Waals surface area contributed by atoms with Crippen LogP contribution < -0.4 is 10.1 Å². The first-order chi connectivity index (χ1) is 13.6. The van der Waals surface area contributed by atoms with Crippen LogP contribution in [0.1, 0.15) is 33.8 Å². The molecule has 3 aromatic rings. The van der Waals surface area contributed by atoms with E-state index in [9.17, 15) is 9.90 Å². The maximum atomic E-state index is 11.7. The average molecular weight is 380 g/mol. The van der Waals surface area contributed by atoms with Crippen molar-refractivity contribution in [2.75, 3.05) is 20.2 Å². The number of nitrogens with one attached hydrogen (secondary N) is 2. The van der Waals surface area contributed by atoms with Gasteiger partial charge in [0.1, 0.15) is 6.10 Å². The highest BCUT2D eigenvalue weighted by Crippen LogP contribution is 2.39. The van der Waals surface area contributed by atoms with Gasteiger partial charge in [-0.1, -0.05) is 12.1 Å². The number of piperidine rings is 1. The first kappa shape index (κ1) is 18.4. The lowest BCUT2D eigenvalue weighted by Gasteiger charge is -2.33. The predicted octanol–water partition coefficient (Wildman–Crippen LogP) is 3.49. The summed E-state index contributed by atoms with van der Waals surface area (Å²) in [5.41, 5.74) is 3.56. The lowest BCUT2D eigenvalue weighted by molar-refractivity contribution is 0.0600. The van der Waals surface area contributed by atoms with Crippen LogP contribution >= 0.6 is 0 Å². The van der Waals surface area contributed by atoms with E-state index < -0.39 is 0 Å². The number of rotatable bonds is 4. The monoisotopic (exact) mass is 380 g/mol. The van der Waals surface area contributed by atoms with E-state index in [-0.39, 0.29) is 23.7 Å². The van der Waals surface area contributed by atoms with Gasteiger partial charge in [0.15, 0.2) is 11.5 Å². The standard InChI is InChI=1S/C22H24N2O4/c1-13-11-18(25)21(16-7-10-24-20(13)16)28-19-8-9-23-12-17(19)14-3-5-15(6-4-14)22(26)27-2/h3-7,10-11,17,19,23-25H,8-9,12H2,1-2H3/t17-,19+/m0/s1. The Morgan fingerprint density at radius 2 is 2.00 bits per heavy atom. The Kier molecular flexibility index (Phi) is 4.96. The predicted molar refractivity (Wildman–Crippen MR) is 107 cm³/mol. The average Bonchev–Trinajstić information content (AvgIpc) is 3.21. The number of hydrogen-bond donors (Lipinski definition) is 3. The highest BCUT2D eigenvalue weighted by molar-refractivity contribution is 5.91. The van der Waals surface area contributed by atoms with Gasteiger partial charge < -0.3 is 24.9 Å². The molecule has 146 valence electrons. The van der Waals surface area contributed by atoms with E-state index in [0.717, 1.165) is 41.5 Å². The van der Waals surface area contributed by atoms with E-state index >= 15 is 0 Å². The Hall–Kier alpha value is -2.99. The molecule has 0 amide bonds. The minimum absolute atomic E-state index is 0.0862. The fraction of sp³-hybridized carbons (Fsp3) is 0.318. The molecule has 0 aliphatic carbocycles. The largest absolute Gasteiger partial charge is 0.504 e. The number of methoxy groups -OCH3 is 1. The zero-order chi connectivity index (χ0) is 19.7. The van der Waals surface area contributed by atoms with E-state index in [1.54, 1.807) is 18.2 Å². The second kappa shape index (κ2) is 7.56. The smallest absolute Gasteiger partial charge is 0.337 e. The number of phenolic OH excluding ortho intramolecular Hbond substituents is 1. The van der Waals surface area contributed by atoms with Crippen molar-refractivity contribution in [3.8, 4) is 11.5 Å². The number of ether oxygens (including phenoxy) is 2. The maximum Gasteiger partial charge on any atom is 0.337 e. The van der Waals surface area contributed by atoms with Gasteiger partial charge >= 0.3 is 5.97 Å². The number of aromatic nitrogens is 1. The fourth-order valence-electron chi connectivity index (χ4n) is 3.93. The summed E-state index contributed by atoms with van der Waals surface area (Å²) in [6.45, 7) is 3.58. The van der Waals surface area contributed by atoms with Gasteiger partial charge in [0.25, 0.3) is 0 Å². The molecule has 4 rings (SSSR count). The minimum Gasteiger partial charge on any atom is -0.504 e. The fourth-order valence-corrected chi connectivity index (χ4v) is 3.93. The number of fused-ring (bicyclic) bond motifs is 1. The maximum absolute atomic E-state index is 11.7. The minimum atomic E-state index is -0.347. The molecule has 6 nitrogen and oxygen atoms in total. The molecule has 0 bridgehead atoms. The van der Waals surface area contributed by atoms with Crippen molar-refractivity contribution in [1.82, 2.24) is 10.3 Å². The Balaban J connectivity index is 1.63. The SMILES string of the molecule is COC(=O)c1ccc([C@@H]2CNCC[C@H]2Oc2c(O)cc(C)c3[nH]ccc23)cc1. The summed E-state index contributed by atoms with van der Waals surface area (Å²) in [6.07, 6.45) is 2.59. The highest BCUT2D eigenvalue weighted by Gasteiger charge is 2.30. The molecule has 3 N–H and O–H groups in total. The van der Waals surface area contributed by atoms with E-state index in [0.29, 0.717) is 11.3 Å². The van der Waals surface area contributed by atoms with Crippen LogP contribution in [-0.2, 0) is 4.74 Å². The lowest BCUT2D eigenvalue weighted by Crippen LogP contribution is -2.41. The van der Waals surface area contributed by atoms with Gasteiger partial charge in [-0.2, -0.15) is 0 Å². The number of aromatic amines is 1. The Bertz CT molecular complexity index is 994. The van der Waals surface area contributed by atoms with Crippen LogP contribution in [-0.4, -0.2) is 42.4 Å². The summed E-state index contributed by atoms with van der Waals surface area (Å²) in [4.78, 5) is 14.9. The van der Waals surface area contributed by atoms with Crippen molar-refractivity contribution >= 4 is 16.9 Å². The van der Waals surface area contributed by atoms with Crippen LogP contribution in [0.15, 0.2) is 42.6 Å². The van der Waals surface area contributed by atoms with Crippen LogP contribution in [0, 0.1) is 6.92 Å². The van der Waals surface area contributed by atoms with E-state index in [2.05, 4.69) is 10.3 Å². The molecule has 0 spiro atoms. The summed E-state index contributed by atoms with van der Waals surface area (Å²) in [5, 5.41) is 14.8. The van der Waals surface area contributed by atoms with Crippen LogP contribution in [0.3, 0.4) is 0 Å². The molecule has 1 fully saturated rings. The third-order valence-electron chi connectivity index (χ3n) is 5.42. The number of aromatic hydroxyl groups is 1. The van der Waals surface area contributed by atoms with Crippen molar-refractivity contribution in [1.29, 1.82) is 0 Å². The van der Waals surface area contributed by atoms with Crippen LogP contribution in [0.2, 0.25) is 0 Å². The third kappa shape index (κ3) is 3.31. The van der Waals surface area contributed by atoms with Gasteiger partial charge in [0.2, 0.25) is 0 Å². The second-order valence-electron chi connectivity index (χ2n) is 7.18. The Morgan fingerprint density at radius 1 is 1.21 bits per heavy atom. The van der Waals surface area contributed by atoms with Crippen LogP contribution in [0.25, 0.3) is 10.9 Å². The molecular weight excluding hydrogens is 356 g/mol. The van der Waals surface area contributed by atoms with Crippen molar-refractivity contribution < 1.29 is 19.4 Å². The van der Waals surface area contributed by atoms with E-state index in [1.165, 1.54) is 7.11 Å². The van der Waals surface area contributed by atoms with Crippen molar-refractivity contribution in [2.24, 2.45) is 0 Å². The molecule has 1 saturated heterocycles. The molecule has 2 aromatic carbocycles. The number of H-pyrrole nitrogens is 1. The zero-order valence-corrected chi connectivity index (χ0v) is 16.0. The van der Waals surface area contributed by atoms with Gasteiger partial charge in [-0.15, -0.1) is 0 Å². The van der Waals surface area contributed by atoms with Crippen LogP contribution in [0.4, 0.5) is 0 Å². The summed E-state index contributed by atoms with van der Waals surface area (Å²) in [5.74, 6) is 0.434. The number of benzene rings is 2. The van der Waals surface area contributed by atoms with Gasteiger partial charge in [-0.3, -0.25) is 0 Å². The zero-order valence-electron chi connectivity index (χ0n) is 16.0. The molecule has 1 aromatic heterocycles. The number of esters is 1. The van der Waals surface area contributed by atoms with Crippen LogP contribution in [0.5, 0.6) is 11.5 Å². The van der Waals surface area contributed by atoms with Crippen molar-refractivity contribution in [3.63, 3.8) is 0 Å². The molecule has 0 unspecified atom stereocenters. The molecule has 6 heteroatoms. The molecule has 1 aliphatic rings. The van der Waals surface area contributed by atoms with Gasteiger partial charge in [0, 0.05) is 24.0 Å². The molecule has 28 heavy (non-hydrogen) atoms. The summed E-state index contributed by atoms with van der Waals surface area (Å²) < 4.78 is 11.1. The number of aryl methyl sites for hydroxylation is 1. The van der Waals surface area contributed by atoms with Gasteiger partial charge in [-0.05, 0) is 55.3 Å². The molecule has 2 heterocycles. The Labute approximate surface area is 163 Å². The first-order valence-corrected chi connectivity index (χ1v) is 9.43. The third-order valence-corrected chi connectivity index (χ3v) is 5.42. The first-order valence-electron chi connectivity index (χ1n) is 9.43. The van der Waals surface area contributed by atoms with Crippen molar-refractivity contribution in [2.45, 2.75) is 25.4 Å². The van der Waals surface area contributed by atoms with Crippen molar-refractivity contribution in [3.05, 3.63) is 59.3 Å². The molecule has 0 saturated carbocycles. The quantitative estimate of drug-likeness (QED) is 0.604. The summed E-state index contributed by atoms with van der Waals surface area (Å²) >= 11 is 0. The highest BCUT2D eigenvalue weighted by atomic mass is 16.5. The van der Waals surface area contributed by atoms with E-state index in [1.807, 2.05) is 31.3 Å². The normalized spacial score (nSPS) is 19.5. The lowest BCUT2D eigenvalue weighted by atomic mass is 9.88. The second-order valence-corrected chi connectivity index (χ2v) is 7.18. The number of carbonyl (C=O) groups is 1. The topological polar surface area (TPSA) is 83.6 Å². The molecule has 2 atom stereocenters. The number of carbonyl (C=O) groups excluding carboxylic acids is 1. The number of phenols is 1. The molecular formula is C22H24N2O4. The molecule has 0 radical (unpaired) electrons. The van der Waals surface area contributed by atoms with Gasteiger partial charge in [-0.25, -0.2) is 4.79 Å². The molecule has 1 aliphatic heterocycles. The number of hydrogen-bond acceptors (Lipinski definition) is 5.